The first-order valence-electron chi connectivity index (χ1n) is 10.5. The van der Waals surface area contributed by atoms with Crippen LogP contribution in [0.1, 0.15) is 45.7 Å². The minimum absolute atomic E-state index is 0.0429. The van der Waals surface area contributed by atoms with Crippen LogP contribution >= 0.6 is 23.5 Å². The van der Waals surface area contributed by atoms with E-state index in [0.29, 0.717) is 0 Å². The summed E-state index contributed by atoms with van der Waals surface area (Å²) in [6, 6.07) is 16.9. The van der Waals surface area contributed by atoms with Gasteiger partial charge in [-0.3, -0.25) is 4.79 Å². The third-order valence-corrected chi connectivity index (χ3v) is 7.34. The van der Waals surface area contributed by atoms with Gasteiger partial charge >= 0.3 is 0 Å². The molecule has 31 heavy (non-hydrogen) atoms. The Kier molecular flexibility index (Phi) is 11.4. The number of benzene rings is 2. The molecule has 0 aromatic heterocycles. The van der Waals surface area contributed by atoms with Gasteiger partial charge in [0.2, 0.25) is 0 Å². The van der Waals surface area contributed by atoms with Crippen LogP contribution in [0.3, 0.4) is 0 Å². The maximum atomic E-state index is 10.9. The fraction of sp³-hybridized carbons (Fsp3) is 0.407. The van der Waals surface area contributed by atoms with E-state index in [4.69, 9.17) is 0 Å². The Morgan fingerprint density at radius 1 is 0.774 bits per heavy atom. The molecule has 0 saturated carbocycles. The Hall–Kier alpha value is -1.78. The van der Waals surface area contributed by atoms with Gasteiger partial charge in [-0.05, 0) is 56.5 Å². The van der Waals surface area contributed by atoms with Gasteiger partial charge in [-0.25, -0.2) is 0 Å². The second-order valence-corrected chi connectivity index (χ2v) is 11.3. The van der Waals surface area contributed by atoms with Crippen LogP contribution in [0.5, 0.6) is 0 Å². The predicted molar refractivity (Wildman–Crippen MR) is 137 cm³/mol. The van der Waals surface area contributed by atoms with Gasteiger partial charge in [-0.2, -0.15) is 0 Å². The summed E-state index contributed by atoms with van der Waals surface area (Å²) in [4.78, 5) is 24.1. The van der Waals surface area contributed by atoms with Gasteiger partial charge in [0.1, 0.15) is 6.29 Å². The van der Waals surface area contributed by atoms with Gasteiger partial charge < -0.3 is 4.79 Å². The number of carbonyl (C=O) groups excluding carboxylic acids is 2. The van der Waals surface area contributed by atoms with Gasteiger partial charge in [-0.15, -0.1) is 23.5 Å². The smallest absolute Gasteiger partial charge is 0.152 e. The van der Waals surface area contributed by atoms with Crippen molar-refractivity contribution in [2.24, 2.45) is 10.8 Å². The molecule has 0 spiro atoms. The fourth-order valence-electron chi connectivity index (χ4n) is 2.23. The van der Waals surface area contributed by atoms with Crippen LogP contribution in [0.15, 0.2) is 70.5 Å². The maximum Gasteiger partial charge on any atom is 0.152 e. The molecule has 0 atom stereocenters. The standard InChI is InChI=1S/C15H20OS.C12H16OS/c1-12-5-7-14(8-6-12)17-11-15(3,4)10-9-13(2)16;1-10-4-6-11(7-5-10)14-9-12(2,3)8-13/h5-10H,11H2,1-4H3;4-8H,9H2,1-3H3/b10-9+;. The van der Waals surface area contributed by atoms with E-state index >= 15 is 0 Å². The van der Waals surface area contributed by atoms with Gasteiger partial charge in [0.25, 0.3) is 0 Å². The van der Waals surface area contributed by atoms with Crippen molar-refractivity contribution in [2.45, 2.75) is 58.3 Å². The quantitative estimate of drug-likeness (QED) is 0.221. The summed E-state index contributed by atoms with van der Waals surface area (Å²) in [6.45, 7) is 14.0. The molecule has 0 amide bonds. The molecule has 0 fully saturated rings. The van der Waals surface area contributed by atoms with Crippen LogP contribution in [-0.4, -0.2) is 23.6 Å². The molecule has 0 aliphatic heterocycles. The van der Waals surface area contributed by atoms with E-state index in [1.54, 1.807) is 24.8 Å². The van der Waals surface area contributed by atoms with Gasteiger partial charge in [-0.1, -0.05) is 69.2 Å². The lowest BCUT2D eigenvalue weighted by molar-refractivity contribution is -0.114. The molecule has 0 N–H and O–H groups in total. The van der Waals surface area contributed by atoms with Crippen molar-refractivity contribution in [1.82, 2.24) is 0 Å². The lowest BCUT2D eigenvalue weighted by Gasteiger charge is -2.19. The number of thioether (sulfide) groups is 2. The number of allylic oxidation sites excluding steroid dienone is 2. The molecule has 0 radical (unpaired) electrons. The van der Waals surface area contributed by atoms with Gasteiger partial charge in [0.05, 0.1) is 0 Å². The van der Waals surface area contributed by atoms with Crippen molar-refractivity contribution >= 4 is 35.6 Å². The molecule has 2 nitrogen and oxygen atoms in total. The molecule has 0 aliphatic carbocycles. The number of aryl methyl sites for hydroxylation is 2. The summed E-state index contributed by atoms with van der Waals surface area (Å²) in [7, 11) is 0. The minimum Gasteiger partial charge on any atom is -0.303 e. The maximum absolute atomic E-state index is 10.9. The Morgan fingerprint density at radius 3 is 1.52 bits per heavy atom. The summed E-state index contributed by atoms with van der Waals surface area (Å²) in [5.41, 5.74) is 2.37. The minimum atomic E-state index is -0.227. The lowest BCUT2D eigenvalue weighted by Crippen LogP contribution is -2.15. The molecule has 168 valence electrons. The highest BCUT2D eigenvalue weighted by atomic mass is 32.2. The third-order valence-electron chi connectivity index (χ3n) is 4.35. The fourth-order valence-corrected chi connectivity index (χ4v) is 4.13. The van der Waals surface area contributed by atoms with E-state index in [0.717, 1.165) is 17.8 Å². The molecule has 0 saturated heterocycles. The van der Waals surface area contributed by atoms with E-state index in [2.05, 4.69) is 76.2 Å². The number of hydrogen-bond donors (Lipinski definition) is 0. The van der Waals surface area contributed by atoms with Crippen LogP contribution in [-0.2, 0) is 9.59 Å². The molecular weight excluding hydrogens is 420 g/mol. The highest BCUT2D eigenvalue weighted by Gasteiger charge is 2.16. The van der Waals surface area contributed by atoms with E-state index in [9.17, 15) is 9.59 Å². The average molecular weight is 457 g/mol. The van der Waals surface area contributed by atoms with Gasteiger partial charge in [0, 0.05) is 26.7 Å². The third kappa shape index (κ3) is 12.6. The second kappa shape index (κ2) is 12.9. The van der Waals surface area contributed by atoms with Crippen LogP contribution in [0.4, 0.5) is 0 Å². The van der Waals surface area contributed by atoms with E-state index in [-0.39, 0.29) is 16.6 Å². The summed E-state index contributed by atoms with van der Waals surface area (Å²) in [5, 5.41) is 0. The lowest BCUT2D eigenvalue weighted by atomic mass is 9.95. The molecule has 2 aromatic carbocycles. The number of aldehydes is 1. The molecule has 0 bridgehead atoms. The topological polar surface area (TPSA) is 34.1 Å². The summed E-state index contributed by atoms with van der Waals surface area (Å²) in [6.07, 6.45) is 4.68. The first-order chi connectivity index (χ1) is 14.4. The Labute approximate surface area is 197 Å². The summed E-state index contributed by atoms with van der Waals surface area (Å²) in [5.74, 6) is 1.91. The average Bonchev–Trinajstić information content (AvgIpc) is 2.72. The number of rotatable bonds is 9. The summed E-state index contributed by atoms with van der Waals surface area (Å²) >= 11 is 3.55. The van der Waals surface area contributed by atoms with E-state index in [1.807, 2.05) is 31.7 Å². The Morgan fingerprint density at radius 2 is 1.16 bits per heavy atom. The van der Waals surface area contributed by atoms with Crippen molar-refractivity contribution in [3.63, 3.8) is 0 Å². The van der Waals surface area contributed by atoms with Crippen LogP contribution < -0.4 is 0 Å². The van der Waals surface area contributed by atoms with Crippen molar-refractivity contribution in [3.05, 3.63) is 71.8 Å². The first-order valence-corrected chi connectivity index (χ1v) is 12.4. The predicted octanol–water partition coefficient (Wildman–Crippen LogP) is 7.57. The van der Waals surface area contributed by atoms with Crippen LogP contribution in [0, 0.1) is 24.7 Å². The molecule has 2 aromatic rings. The molecule has 0 heterocycles. The van der Waals surface area contributed by atoms with Crippen LogP contribution in [0.2, 0.25) is 0 Å². The van der Waals surface area contributed by atoms with Crippen molar-refractivity contribution < 1.29 is 9.59 Å². The van der Waals surface area contributed by atoms with E-state index < -0.39 is 0 Å². The zero-order valence-corrected chi connectivity index (χ0v) is 21.5. The molecule has 0 unspecified atom stereocenters. The summed E-state index contributed by atoms with van der Waals surface area (Å²) < 4.78 is 0. The number of ketones is 1. The Bertz CT molecular complexity index is 848. The molecular formula is C27H36O2S2. The first kappa shape index (κ1) is 27.3. The molecule has 4 heteroatoms. The number of hydrogen-bond acceptors (Lipinski definition) is 4. The molecule has 0 aliphatic rings. The van der Waals surface area contributed by atoms with Crippen molar-refractivity contribution in [1.29, 1.82) is 0 Å². The largest absolute Gasteiger partial charge is 0.303 e. The zero-order valence-electron chi connectivity index (χ0n) is 19.9. The van der Waals surface area contributed by atoms with Crippen molar-refractivity contribution in [3.8, 4) is 0 Å². The highest BCUT2D eigenvalue weighted by molar-refractivity contribution is 7.99. The monoisotopic (exact) mass is 456 g/mol. The second-order valence-electron chi connectivity index (χ2n) is 9.24. The number of carbonyl (C=O) groups is 2. The van der Waals surface area contributed by atoms with Crippen molar-refractivity contribution in [2.75, 3.05) is 11.5 Å². The normalized spacial score (nSPS) is 11.7. The zero-order chi connectivity index (χ0) is 23.5. The molecule has 2 rings (SSSR count). The highest BCUT2D eigenvalue weighted by Crippen LogP contribution is 2.29. The van der Waals surface area contributed by atoms with E-state index in [1.165, 1.54) is 20.9 Å². The van der Waals surface area contributed by atoms with Gasteiger partial charge in [0.15, 0.2) is 5.78 Å². The Balaban J connectivity index is 0.000000316. The van der Waals surface area contributed by atoms with Crippen LogP contribution in [0.25, 0.3) is 0 Å². The SMILES string of the molecule is CC(=O)/C=C/C(C)(C)CSc1ccc(C)cc1.Cc1ccc(SCC(C)(C)C=O)cc1.